The monoisotopic (exact) mass is 515 g/mol. The minimum absolute atomic E-state index is 0.0283. The Bertz CT molecular complexity index is 1120. The van der Waals surface area contributed by atoms with Gasteiger partial charge < -0.3 is 5.11 Å². The van der Waals surface area contributed by atoms with E-state index in [1.807, 2.05) is 45.9 Å². The minimum Gasteiger partial charge on any atom is -0.464 e. The molecule has 0 unspecified atom stereocenters. The van der Waals surface area contributed by atoms with Gasteiger partial charge in [-0.05, 0) is 69.4 Å². The highest BCUT2D eigenvalue weighted by atomic mass is 32.2. The maximum absolute atomic E-state index is 13.8. The van der Waals surface area contributed by atoms with Gasteiger partial charge in [-0.25, -0.2) is 13.2 Å². The van der Waals surface area contributed by atoms with Crippen LogP contribution in [-0.2, 0) is 16.4 Å². The molecule has 0 aliphatic heterocycles. The third-order valence-electron chi connectivity index (χ3n) is 6.86. The van der Waals surface area contributed by atoms with E-state index in [9.17, 15) is 18.3 Å². The summed E-state index contributed by atoms with van der Waals surface area (Å²) in [5.41, 5.74) is 6.30. The smallest absolute Gasteiger partial charge is 0.425 e. The van der Waals surface area contributed by atoms with E-state index in [4.69, 9.17) is 0 Å². The summed E-state index contributed by atoms with van der Waals surface area (Å²) in [4.78, 5) is 12.5. The number of para-hydroxylation sites is 1. The number of carbonyl (C=O) groups is 1. The lowest BCUT2D eigenvalue weighted by Gasteiger charge is -2.28. The molecular weight excluding hydrogens is 470 g/mol. The second kappa shape index (κ2) is 11.8. The van der Waals surface area contributed by atoms with Gasteiger partial charge in [-0.15, -0.1) is 0 Å². The van der Waals surface area contributed by atoms with Crippen molar-refractivity contribution < 1.29 is 18.3 Å². The van der Waals surface area contributed by atoms with Crippen LogP contribution in [0.2, 0.25) is 0 Å². The Balaban J connectivity index is 2.65. The molecule has 36 heavy (non-hydrogen) atoms. The van der Waals surface area contributed by atoms with Gasteiger partial charge in [0.2, 0.25) is 10.0 Å². The quantitative estimate of drug-likeness (QED) is 0.345. The number of amides is 1. The van der Waals surface area contributed by atoms with Crippen LogP contribution in [0.3, 0.4) is 0 Å². The number of nitrogens with zero attached hydrogens (tertiary/aromatic N) is 1. The lowest BCUT2D eigenvalue weighted by molar-refractivity contribution is 0.206. The summed E-state index contributed by atoms with van der Waals surface area (Å²) in [6, 6.07) is 9.93. The van der Waals surface area contributed by atoms with Crippen LogP contribution in [-0.4, -0.2) is 25.4 Å². The van der Waals surface area contributed by atoms with E-state index in [2.05, 4.69) is 53.7 Å². The molecule has 0 aliphatic carbocycles. The van der Waals surface area contributed by atoms with Gasteiger partial charge in [0, 0.05) is 0 Å². The molecule has 0 saturated heterocycles. The van der Waals surface area contributed by atoms with Gasteiger partial charge in [-0.1, -0.05) is 99.6 Å². The van der Waals surface area contributed by atoms with Crippen LogP contribution in [0.4, 0.5) is 10.5 Å². The minimum atomic E-state index is -4.16. The number of anilines is 1. The van der Waals surface area contributed by atoms with Crippen molar-refractivity contribution in [1.29, 1.82) is 0 Å². The van der Waals surface area contributed by atoms with Crippen LogP contribution in [0.5, 0.6) is 0 Å². The predicted octanol–water partition coefficient (Wildman–Crippen LogP) is 8.36. The average Bonchev–Trinajstić information content (AvgIpc) is 2.76. The summed E-state index contributed by atoms with van der Waals surface area (Å²) < 4.78 is 28.2. The predicted molar refractivity (Wildman–Crippen MR) is 151 cm³/mol. The molecule has 0 atom stereocenters. The molecular formula is C30H45NO4S. The largest absolute Gasteiger partial charge is 0.464 e. The first-order valence-electron chi connectivity index (χ1n) is 13.1. The van der Waals surface area contributed by atoms with Crippen LogP contribution in [0, 0.1) is 0 Å². The molecule has 6 heteroatoms. The second-order valence-corrected chi connectivity index (χ2v) is 13.3. The molecule has 2 aromatic carbocycles. The molecule has 2 rings (SSSR count). The molecule has 0 fully saturated rings. The van der Waals surface area contributed by atoms with E-state index in [1.165, 1.54) is 5.56 Å². The maximum atomic E-state index is 13.8. The summed E-state index contributed by atoms with van der Waals surface area (Å²) in [5, 5.41) is 10.2. The topological polar surface area (TPSA) is 74.7 Å². The summed E-state index contributed by atoms with van der Waals surface area (Å²) in [5.74, 6) is 0.484. The number of benzene rings is 2. The Kier molecular flexibility index (Phi) is 9.80. The van der Waals surface area contributed by atoms with Crippen LogP contribution < -0.4 is 4.31 Å². The molecule has 5 nitrogen and oxygen atoms in total. The van der Waals surface area contributed by atoms with Gasteiger partial charge in [-0.3, -0.25) is 0 Å². The Hall–Kier alpha value is -2.34. The Labute approximate surface area is 219 Å². The van der Waals surface area contributed by atoms with Crippen molar-refractivity contribution in [3.8, 4) is 0 Å². The van der Waals surface area contributed by atoms with Crippen LogP contribution in [0.1, 0.15) is 132 Å². The first-order chi connectivity index (χ1) is 16.6. The number of rotatable bonds is 10. The van der Waals surface area contributed by atoms with Crippen LogP contribution >= 0.6 is 0 Å². The highest BCUT2D eigenvalue weighted by Crippen LogP contribution is 2.38. The maximum Gasteiger partial charge on any atom is 0.425 e. The molecule has 2 aromatic rings. The molecule has 1 amide bonds. The first kappa shape index (κ1) is 29.9. The Morgan fingerprint density at radius 1 is 0.750 bits per heavy atom. The molecule has 0 spiro atoms. The fourth-order valence-electron chi connectivity index (χ4n) is 4.82. The number of hydrogen-bond acceptors (Lipinski definition) is 3. The average molecular weight is 516 g/mol. The summed E-state index contributed by atoms with van der Waals surface area (Å²) in [6.45, 7) is 20.6. The zero-order chi connectivity index (χ0) is 27.5. The zero-order valence-electron chi connectivity index (χ0n) is 23.7. The van der Waals surface area contributed by atoms with Crippen LogP contribution in [0.25, 0.3) is 0 Å². The van der Waals surface area contributed by atoms with Gasteiger partial charge >= 0.3 is 6.09 Å². The van der Waals surface area contributed by atoms with E-state index >= 15 is 0 Å². The molecule has 0 bridgehead atoms. The van der Waals surface area contributed by atoms with Crippen molar-refractivity contribution in [1.82, 2.24) is 0 Å². The van der Waals surface area contributed by atoms with Crippen molar-refractivity contribution in [2.75, 3.05) is 10.1 Å². The third kappa shape index (κ3) is 6.50. The van der Waals surface area contributed by atoms with Crippen molar-refractivity contribution in [2.24, 2.45) is 0 Å². The van der Waals surface area contributed by atoms with E-state index in [0.717, 1.165) is 27.8 Å². The van der Waals surface area contributed by atoms with Crippen molar-refractivity contribution in [2.45, 2.75) is 105 Å². The summed E-state index contributed by atoms with van der Waals surface area (Å²) >= 11 is 0. The van der Waals surface area contributed by atoms with Crippen molar-refractivity contribution >= 4 is 21.8 Å². The standard InChI is InChI=1S/C30H45NO4S/c1-18(2)23-16-27(21(7)8)26(28(17-23)22(9)10)14-15-36(34,35)31(30(32)33)29-24(19(3)4)12-11-13-25(29)20(5)6/h11-13,16-22H,14-15H2,1-10H3,(H,32,33). The Morgan fingerprint density at radius 3 is 1.50 bits per heavy atom. The fourth-order valence-corrected chi connectivity index (χ4v) is 6.19. The zero-order valence-corrected chi connectivity index (χ0v) is 24.5. The summed E-state index contributed by atoms with van der Waals surface area (Å²) in [7, 11) is -4.16. The first-order valence-corrected chi connectivity index (χ1v) is 14.8. The molecule has 0 saturated carbocycles. The SMILES string of the molecule is CC(C)c1cc(C(C)C)c(CCS(=O)(=O)N(C(=O)O)c2c(C(C)C)cccc2C(C)C)c(C(C)C)c1. The van der Waals surface area contributed by atoms with Gasteiger partial charge in [0.05, 0.1) is 11.4 Å². The lowest BCUT2D eigenvalue weighted by atomic mass is 9.83. The summed E-state index contributed by atoms with van der Waals surface area (Å²) in [6.07, 6.45) is -1.19. The number of carboxylic acid groups (broad SMARTS) is 1. The van der Waals surface area contributed by atoms with E-state index < -0.39 is 16.1 Å². The van der Waals surface area contributed by atoms with Crippen LogP contribution in [0.15, 0.2) is 30.3 Å². The normalized spacial score (nSPS) is 12.4. The number of hydrogen-bond donors (Lipinski definition) is 1. The van der Waals surface area contributed by atoms with Gasteiger partial charge in [0.25, 0.3) is 0 Å². The molecule has 0 radical (unpaired) electrons. The van der Waals surface area contributed by atoms with Gasteiger partial charge in [0.1, 0.15) is 0 Å². The van der Waals surface area contributed by atoms with Gasteiger partial charge in [0.15, 0.2) is 0 Å². The van der Waals surface area contributed by atoms with Crippen molar-refractivity contribution in [3.63, 3.8) is 0 Å². The molecule has 1 N–H and O–H groups in total. The Morgan fingerprint density at radius 2 is 1.17 bits per heavy atom. The number of sulfonamides is 1. The van der Waals surface area contributed by atoms with Gasteiger partial charge in [-0.2, -0.15) is 4.31 Å². The van der Waals surface area contributed by atoms with E-state index in [0.29, 0.717) is 15.9 Å². The highest BCUT2D eigenvalue weighted by molar-refractivity contribution is 7.93. The molecule has 0 aromatic heterocycles. The second-order valence-electron chi connectivity index (χ2n) is 11.3. The molecule has 0 heterocycles. The van der Waals surface area contributed by atoms with Crippen molar-refractivity contribution in [3.05, 3.63) is 63.7 Å². The lowest BCUT2D eigenvalue weighted by Crippen LogP contribution is -2.39. The third-order valence-corrected chi connectivity index (χ3v) is 8.47. The van der Waals surface area contributed by atoms with E-state index in [1.54, 1.807) is 0 Å². The molecule has 0 aliphatic rings. The highest BCUT2D eigenvalue weighted by Gasteiger charge is 2.34. The van der Waals surface area contributed by atoms with E-state index in [-0.39, 0.29) is 35.8 Å². The molecule has 200 valence electrons. The fraction of sp³-hybridized carbons (Fsp3) is 0.567.